The van der Waals surface area contributed by atoms with Gasteiger partial charge in [0.15, 0.2) is 0 Å². The normalized spacial score (nSPS) is 19.0. The first-order valence-corrected chi connectivity index (χ1v) is 12.5. The number of rotatable bonds is 8. The van der Waals surface area contributed by atoms with E-state index in [1.165, 1.54) is 33.8 Å². The SMILES string of the molecule is C=C(c1cc(CN2CCN(/C(C)=C/CC)CC2)ccc1C)N1CCN(/C(C)=C/CC)CC1. The summed E-state index contributed by atoms with van der Waals surface area (Å²) in [4.78, 5) is 10.1. The van der Waals surface area contributed by atoms with Crippen LogP contribution in [0.2, 0.25) is 0 Å². The molecule has 2 aliphatic heterocycles. The maximum absolute atomic E-state index is 4.52. The van der Waals surface area contributed by atoms with Gasteiger partial charge in [-0.2, -0.15) is 0 Å². The van der Waals surface area contributed by atoms with Gasteiger partial charge in [0.05, 0.1) is 0 Å². The lowest BCUT2D eigenvalue weighted by molar-refractivity contribution is 0.152. The number of hydrogen-bond acceptors (Lipinski definition) is 4. The molecular weight excluding hydrogens is 392 g/mol. The van der Waals surface area contributed by atoms with Gasteiger partial charge in [-0.05, 0) is 50.8 Å². The quantitative estimate of drug-likeness (QED) is 0.546. The third-order valence-corrected chi connectivity index (χ3v) is 7.05. The van der Waals surface area contributed by atoms with Crippen molar-refractivity contribution in [1.29, 1.82) is 0 Å². The predicted octanol–water partition coefficient (Wildman–Crippen LogP) is 5.33. The first-order chi connectivity index (χ1) is 15.4. The summed E-state index contributed by atoms with van der Waals surface area (Å²) < 4.78 is 0. The van der Waals surface area contributed by atoms with E-state index in [2.05, 4.69) is 91.1 Å². The van der Waals surface area contributed by atoms with Crippen LogP contribution in [0.5, 0.6) is 0 Å². The Labute approximate surface area is 196 Å². The lowest BCUT2D eigenvalue weighted by atomic mass is 10.0. The molecule has 0 saturated carbocycles. The second-order valence-electron chi connectivity index (χ2n) is 9.34. The molecule has 0 unspecified atom stereocenters. The van der Waals surface area contributed by atoms with Gasteiger partial charge >= 0.3 is 0 Å². The molecule has 2 fully saturated rings. The van der Waals surface area contributed by atoms with Gasteiger partial charge in [-0.25, -0.2) is 0 Å². The minimum atomic E-state index is 1.03. The smallest absolute Gasteiger partial charge is 0.0370 e. The van der Waals surface area contributed by atoms with Crippen LogP contribution in [-0.4, -0.2) is 72.0 Å². The highest BCUT2D eigenvalue weighted by Crippen LogP contribution is 2.25. The van der Waals surface area contributed by atoms with Gasteiger partial charge in [-0.1, -0.05) is 44.7 Å². The molecule has 0 N–H and O–H groups in total. The molecule has 176 valence electrons. The summed E-state index contributed by atoms with van der Waals surface area (Å²) in [6.07, 6.45) is 6.90. The van der Waals surface area contributed by atoms with Crippen LogP contribution in [0.25, 0.3) is 5.70 Å². The second kappa shape index (κ2) is 11.6. The van der Waals surface area contributed by atoms with Crippen molar-refractivity contribution in [2.24, 2.45) is 0 Å². The van der Waals surface area contributed by atoms with Gasteiger partial charge in [-0.3, -0.25) is 4.90 Å². The summed E-state index contributed by atoms with van der Waals surface area (Å²) >= 11 is 0. The number of nitrogens with zero attached hydrogens (tertiary/aromatic N) is 4. The van der Waals surface area contributed by atoms with Gasteiger partial charge in [0.25, 0.3) is 0 Å². The van der Waals surface area contributed by atoms with Crippen molar-refractivity contribution in [1.82, 2.24) is 19.6 Å². The monoisotopic (exact) mass is 436 g/mol. The number of piperazine rings is 2. The number of benzene rings is 1. The highest BCUT2D eigenvalue weighted by molar-refractivity contribution is 5.65. The fourth-order valence-corrected chi connectivity index (χ4v) is 4.94. The standard InChI is InChI=1S/C28H44N4/c1-7-9-24(4)30-15-13-29(14-16-30)22-27-12-11-23(3)28(21-27)26(6)32-19-17-31(18-20-32)25(5)10-8-2/h9-12,21H,6-8,13-20,22H2,1-5H3/b24-9+,25-10+. The highest BCUT2D eigenvalue weighted by Gasteiger charge is 2.21. The predicted molar refractivity (Wildman–Crippen MR) is 138 cm³/mol. The fraction of sp³-hybridized carbons (Fsp3) is 0.571. The molecule has 1 aromatic rings. The Hall–Kier alpha value is -2.20. The van der Waals surface area contributed by atoms with Crippen molar-refractivity contribution in [2.75, 3.05) is 52.4 Å². The Morgan fingerprint density at radius 2 is 1.31 bits per heavy atom. The molecule has 3 rings (SSSR count). The van der Waals surface area contributed by atoms with E-state index in [4.69, 9.17) is 0 Å². The Bertz CT molecular complexity index is 822. The molecule has 0 aromatic heterocycles. The summed E-state index contributed by atoms with van der Waals surface area (Å²) in [5.74, 6) is 0. The topological polar surface area (TPSA) is 13.0 Å². The molecule has 4 heteroatoms. The van der Waals surface area contributed by atoms with Crippen LogP contribution < -0.4 is 0 Å². The Kier molecular flexibility index (Phi) is 8.86. The van der Waals surface area contributed by atoms with Crippen molar-refractivity contribution in [2.45, 2.75) is 54.0 Å². The summed E-state index contributed by atoms with van der Waals surface area (Å²) in [5, 5.41) is 0. The Morgan fingerprint density at radius 1 is 0.812 bits per heavy atom. The van der Waals surface area contributed by atoms with Crippen LogP contribution in [0, 0.1) is 6.92 Å². The minimum absolute atomic E-state index is 1.03. The third kappa shape index (κ3) is 6.19. The van der Waals surface area contributed by atoms with E-state index in [0.29, 0.717) is 0 Å². The molecule has 0 spiro atoms. The van der Waals surface area contributed by atoms with Crippen molar-refractivity contribution in [3.05, 3.63) is 65.0 Å². The van der Waals surface area contributed by atoms with Crippen LogP contribution in [0.4, 0.5) is 0 Å². The zero-order valence-electron chi connectivity index (χ0n) is 21.2. The van der Waals surface area contributed by atoms with Crippen molar-refractivity contribution >= 4 is 5.70 Å². The van der Waals surface area contributed by atoms with E-state index in [-0.39, 0.29) is 0 Å². The number of allylic oxidation sites excluding steroid dienone is 4. The largest absolute Gasteiger partial charge is 0.373 e. The molecule has 0 radical (unpaired) electrons. The molecule has 1 aromatic carbocycles. The summed E-state index contributed by atoms with van der Waals surface area (Å²) in [5.41, 5.74) is 8.08. The van der Waals surface area contributed by atoms with Crippen molar-refractivity contribution in [3.8, 4) is 0 Å². The zero-order chi connectivity index (χ0) is 23.1. The molecule has 4 nitrogen and oxygen atoms in total. The molecule has 0 amide bonds. The maximum Gasteiger partial charge on any atom is 0.0370 e. The number of hydrogen-bond donors (Lipinski definition) is 0. The average Bonchev–Trinajstić information content (AvgIpc) is 2.81. The number of aryl methyl sites for hydroxylation is 1. The first-order valence-electron chi connectivity index (χ1n) is 12.5. The minimum Gasteiger partial charge on any atom is -0.373 e. The summed E-state index contributed by atoms with van der Waals surface area (Å²) in [6, 6.07) is 6.98. The van der Waals surface area contributed by atoms with Gasteiger partial charge < -0.3 is 14.7 Å². The van der Waals surface area contributed by atoms with E-state index in [1.54, 1.807) is 0 Å². The van der Waals surface area contributed by atoms with E-state index in [0.717, 1.165) is 71.7 Å². The van der Waals surface area contributed by atoms with Gasteiger partial charge in [0.2, 0.25) is 0 Å². The first kappa shape index (κ1) is 24.4. The molecule has 0 atom stereocenters. The molecule has 2 aliphatic rings. The van der Waals surface area contributed by atoms with Gasteiger partial charge in [0, 0.05) is 81.6 Å². The van der Waals surface area contributed by atoms with Crippen LogP contribution >= 0.6 is 0 Å². The lowest BCUT2D eigenvalue weighted by Crippen LogP contribution is -2.45. The van der Waals surface area contributed by atoms with Crippen LogP contribution in [0.1, 0.15) is 57.2 Å². The van der Waals surface area contributed by atoms with E-state index < -0.39 is 0 Å². The fourth-order valence-electron chi connectivity index (χ4n) is 4.94. The summed E-state index contributed by atoms with van der Waals surface area (Å²) in [6.45, 7) is 25.4. The van der Waals surface area contributed by atoms with Crippen LogP contribution in [-0.2, 0) is 6.54 Å². The van der Waals surface area contributed by atoms with E-state index >= 15 is 0 Å². The average molecular weight is 437 g/mol. The molecule has 2 saturated heterocycles. The van der Waals surface area contributed by atoms with Crippen molar-refractivity contribution in [3.63, 3.8) is 0 Å². The lowest BCUT2D eigenvalue weighted by Gasteiger charge is -2.39. The zero-order valence-corrected chi connectivity index (χ0v) is 21.2. The van der Waals surface area contributed by atoms with E-state index in [1.807, 2.05) is 0 Å². The molecule has 2 heterocycles. The third-order valence-electron chi connectivity index (χ3n) is 7.05. The van der Waals surface area contributed by atoms with Crippen molar-refractivity contribution < 1.29 is 0 Å². The van der Waals surface area contributed by atoms with Gasteiger partial charge in [-0.15, -0.1) is 0 Å². The van der Waals surface area contributed by atoms with Crippen LogP contribution in [0.3, 0.4) is 0 Å². The Morgan fingerprint density at radius 3 is 1.84 bits per heavy atom. The highest BCUT2D eigenvalue weighted by atomic mass is 15.3. The van der Waals surface area contributed by atoms with Gasteiger partial charge in [0.1, 0.15) is 0 Å². The maximum atomic E-state index is 4.52. The molecular formula is C28H44N4. The summed E-state index contributed by atoms with van der Waals surface area (Å²) in [7, 11) is 0. The molecule has 0 bridgehead atoms. The molecule has 0 aliphatic carbocycles. The van der Waals surface area contributed by atoms with E-state index in [9.17, 15) is 0 Å². The second-order valence-corrected chi connectivity index (χ2v) is 9.34. The van der Waals surface area contributed by atoms with Crippen LogP contribution in [0.15, 0.2) is 48.3 Å². The molecule has 32 heavy (non-hydrogen) atoms. The Balaban J connectivity index is 1.58.